The van der Waals surface area contributed by atoms with Crippen LogP contribution in [-0.2, 0) is 13.2 Å². The Balaban J connectivity index is 1.99. The average Bonchev–Trinajstić information content (AvgIpc) is 2.93. The molecule has 0 fully saturated rings. The van der Waals surface area contributed by atoms with Gasteiger partial charge >= 0.3 is 0 Å². The molecule has 0 amide bonds. The summed E-state index contributed by atoms with van der Waals surface area (Å²) in [4.78, 5) is 0. The van der Waals surface area contributed by atoms with Crippen molar-refractivity contribution in [2.45, 2.75) is 20.1 Å². The molecule has 5 heteroatoms. The molecular weight excluding hydrogens is 281 g/mol. The summed E-state index contributed by atoms with van der Waals surface area (Å²) in [7, 11) is 0. The van der Waals surface area contributed by atoms with E-state index in [1.165, 1.54) is 17.7 Å². The SMILES string of the molecule is Cc1ccc(Cn2nnc(CO)c2-c2ccc(F)cc2)cc1. The van der Waals surface area contributed by atoms with Crippen molar-refractivity contribution >= 4 is 0 Å². The van der Waals surface area contributed by atoms with Gasteiger partial charge in [-0.2, -0.15) is 0 Å². The highest BCUT2D eigenvalue weighted by Crippen LogP contribution is 2.23. The first kappa shape index (κ1) is 14.4. The summed E-state index contributed by atoms with van der Waals surface area (Å²) in [5.41, 5.74) is 4.25. The summed E-state index contributed by atoms with van der Waals surface area (Å²) in [5, 5.41) is 17.6. The van der Waals surface area contributed by atoms with Gasteiger partial charge in [0, 0.05) is 5.56 Å². The normalized spacial score (nSPS) is 10.9. The maximum atomic E-state index is 13.1. The van der Waals surface area contributed by atoms with Crippen molar-refractivity contribution < 1.29 is 9.50 Å². The minimum absolute atomic E-state index is 0.208. The van der Waals surface area contributed by atoms with Crippen LogP contribution in [0.4, 0.5) is 4.39 Å². The van der Waals surface area contributed by atoms with Crippen molar-refractivity contribution in [2.24, 2.45) is 0 Å². The maximum Gasteiger partial charge on any atom is 0.123 e. The van der Waals surface area contributed by atoms with Crippen LogP contribution in [0.1, 0.15) is 16.8 Å². The fourth-order valence-corrected chi connectivity index (χ4v) is 2.36. The molecule has 0 spiro atoms. The number of hydrogen-bond acceptors (Lipinski definition) is 3. The summed E-state index contributed by atoms with van der Waals surface area (Å²) >= 11 is 0. The molecule has 0 bridgehead atoms. The smallest absolute Gasteiger partial charge is 0.123 e. The largest absolute Gasteiger partial charge is 0.390 e. The fraction of sp³-hybridized carbons (Fsp3) is 0.176. The van der Waals surface area contributed by atoms with Gasteiger partial charge in [0.05, 0.1) is 18.8 Å². The summed E-state index contributed by atoms with van der Waals surface area (Å²) < 4.78 is 14.8. The van der Waals surface area contributed by atoms with Crippen molar-refractivity contribution in [1.29, 1.82) is 0 Å². The van der Waals surface area contributed by atoms with Crippen LogP contribution < -0.4 is 0 Å². The summed E-state index contributed by atoms with van der Waals surface area (Å²) in [5.74, 6) is -0.299. The standard InChI is InChI=1S/C17H16FN3O/c1-12-2-4-13(5-3-12)10-21-17(16(11-22)19-20-21)14-6-8-15(18)9-7-14/h2-9,22H,10-11H2,1H3. The van der Waals surface area contributed by atoms with Crippen molar-refractivity contribution in [3.8, 4) is 11.3 Å². The Morgan fingerprint density at radius 1 is 1.05 bits per heavy atom. The first-order valence-corrected chi connectivity index (χ1v) is 7.02. The molecule has 112 valence electrons. The molecule has 1 heterocycles. The Bertz CT molecular complexity index is 764. The predicted molar refractivity (Wildman–Crippen MR) is 81.6 cm³/mol. The molecule has 0 radical (unpaired) electrons. The van der Waals surface area contributed by atoms with Crippen LogP contribution in [0.25, 0.3) is 11.3 Å². The second kappa shape index (κ2) is 6.07. The molecule has 2 aromatic carbocycles. The van der Waals surface area contributed by atoms with E-state index < -0.39 is 0 Å². The molecule has 1 aromatic heterocycles. The zero-order valence-electron chi connectivity index (χ0n) is 12.2. The van der Waals surface area contributed by atoms with E-state index in [1.54, 1.807) is 16.8 Å². The van der Waals surface area contributed by atoms with Gasteiger partial charge in [0.1, 0.15) is 11.5 Å². The number of hydrogen-bond donors (Lipinski definition) is 1. The van der Waals surface area contributed by atoms with Gasteiger partial charge in [-0.05, 0) is 36.8 Å². The van der Waals surface area contributed by atoms with E-state index >= 15 is 0 Å². The first-order chi connectivity index (χ1) is 10.7. The summed E-state index contributed by atoms with van der Waals surface area (Å²) in [6, 6.07) is 14.2. The zero-order valence-corrected chi connectivity index (χ0v) is 12.2. The third-order valence-electron chi connectivity index (χ3n) is 3.53. The predicted octanol–water partition coefficient (Wildman–Crippen LogP) is 2.93. The van der Waals surface area contributed by atoms with Crippen molar-refractivity contribution in [3.63, 3.8) is 0 Å². The molecule has 22 heavy (non-hydrogen) atoms. The minimum Gasteiger partial charge on any atom is -0.390 e. The van der Waals surface area contributed by atoms with E-state index in [2.05, 4.69) is 10.3 Å². The lowest BCUT2D eigenvalue weighted by Gasteiger charge is -2.08. The Hall–Kier alpha value is -2.53. The lowest BCUT2D eigenvalue weighted by atomic mass is 10.1. The number of aryl methyl sites for hydroxylation is 1. The van der Waals surface area contributed by atoms with Crippen LogP contribution in [0.5, 0.6) is 0 Å². The fourth-order valence-electron chi connectivity index (χ4n) is 2.36. The third-order valence-corrected chi connectivity index (χ3v) is 3.53. The van der Waals surface area contributed by atoms with Gasteiger partial charge in [0.25, 0.3) is 0 Å². The van der Waals surface area contributed by atoms with Crippen LogP contribution in [0, 0.1) is 12.7 Å². The number of benzene rings is 2. The first-order valence-electron chi connectivity index (χ1n) is 7.02. The topological polar surface area (TPSA) is 50.9 Å². The quantitative estimate of drug-likeness (QED) is 0.805. The molecular formula is C17H16FN3O. The van der Waals surface area contributed by atoms with Crippen LogP contribution in [0.3, 0.4) is 0 Å². The maximum absolute atomic E-state index is 13.1. The van der Waals surface area contributed by atoms with Crippen molar-refractivity contribution in [3.05, 3.63) is 71.2 Å². The molecule has 0 unspecified atom stereocenters. The zero-order chi connectivity index (χ0) is 15.5. The van der Waals surface area contributed by atoms with E-state index in [0.29, 0.717) is 17.9 Å². The van der Waals surface area contributed by atoms with E-state index in [4.69, 9.17) is 0 Å². The monoisotopic (exact) mass is 297 g/mol. The van der Waals surface area contributed by atoms with Crippen LogP contribution in [-0.4, -0.2) is 20.1 Å². The molecule has 4 nitrogen and oxygen atoms in total. The lowest BCUT2D eigenvalue weighted by molar-refractivity contribution is 0.277. The highest BCUT2D eigenvalue weighted by Gasteiger charge is 2.14. The molecule has 0 saturated carbocycles. The van der Waals surface area contributed by atoms with E-state index in [1.807, 2.05) is 31.2 Å². The van der Waals surface area contributed by atoms with Crippen molar-refractivity contribution in [1.82, 2.24) is 15.0 Å². The second-order valence-corrected chi connectivity index (χ2v) is 5.19. The van der Waals surface area contributed by atoms with E-state index in [9.17, 15) is 9.50 Å². The van der Waals surface area contributed by atoms with Gasteiger partial charge < -0.3 is 5.11 Å². The Labute approximate surface area is 127 Å². The number of aromatic nitrogens is 3. The molecule has 0 aliphatic heterocycles. The number of aliphatic hydroxyl groups excluding tert-OH is 1. The Morgan fingerprint density at radius 2 is 1.73 bits per heavy atom. The van der Waals surface area contributed by atoms with Gasteiger partial charge in [-0.15, -0.1) is 5.10 Å². The average molecular weight is 297 g/mol. The van der Waals surface area contributed by atoms with Gasteiger partial charge in [-0.25, -0.2) is 9.07 Å². The molecule has 0 aliphatic rings. The lowest BCUT2D eigenvalue weighted by Crippen LogP contribution is -2.04. The van der Waals surface area contributed by atoms with Crippen LogP contribution in [0.15, 0.2) is 48.5 Å². The van der Waals surface area contributed by atoms with E-state index in [0.717, 1.165) is 11.1 Å². The van der Waals surface area contributed by atoms with E-state index in [-0.39, 0.29) is 12.4 Å². The molecule has 3 rings (SSSR count). The summed E-state index contributed by atoms with van der Waals surface area (Å²) in [6.07, 6.45) is 0. The second-order valence-electron chi connectivity index (χ2n) is 5.19. The number of aliphatic hydroxyl groups is 1. The molecule has 0 saturated heterocycles. The molecule has 3 aromatic rings. The van der Waals surface area contributed by atoms with Crippen LogP contribution >= 0.6 is 0 Å². The van der Waals surface area contributed by atoms with Gasteiger partial charge in [0.2, 0.25) is 0 Å². The summed E-state index contributed by atoms with van der Waals surface area (Å²) in [6.45, 7) is 2.37. The van der Waals surface area contributed by atoms with Gasteiger partial charge in [0.15, 0.2) is 0 Å². The Morgan fingerprint density at radius 3 is 2.36 bits per heavy atom. The van der Waals surface area contributed by atoms with Gasteiger partial charge in [-0.1, -0.05) is 35.0 Å². The number of halogens is 1. The highest BCUT2D eigenvalue weighted by molar-refractivity contribution is 5.61. The molecule has 0 atom stereocenters. The third kappa shape index (κ3) is 2.89. The molecule has 1 N–H and O–H groups in total. The van der Waals surface area contributed by atoms with Crippen LogP contribution in [0.2, 0.25) is 0 Å². The van der Waals surface area contributed by atoms with Crippen molar-refractivity contribution in [2.75, 3.05) is 0 Å². The Kier molecular flexibility index (Phi) is 3.98. The number of rotatable bonds is 4. The van der Waals surface area contributed by atoms with Gasteiger partial charge in [-0.3, -0.25) is 0 Å². The highest BCUT2D eigenvalue weighted by atomic mass is 19.1. The molecule has 0 aliphatic carbocycles. The number of nitrogens with zero attached hydrogens (tertiary/aromatic N) is 3. The minimum atomic E-state index is -0.299.